The van der Waals surface area contributed by atoms with E-state index in [4.69, 9.17) is 9.47 Å². The first-order valence-electron chi connectivity index (χ1n) is 8.76. The monoisotopic (exact) mass is 372 g/mol. The number of hydrogen-bond acceptors (Lipinski definition) is 4. The number of aromatic nitrogens is 2. The highest BCUT2D eigenvalue weighted by molar-refractivity contribution is 5.76. The first-order valence-corrected chi connectivity index (χ1v) is 8.76. The maximum Gasteiger partial charge on any atom is 0.344 e. The van der Waals surface area contributed by atoms with Gasteiger partial charge in [0, 0.05) is 0 Å². The van der Waals surface area contributed by atoms with Crippen LogP contribution in [-0.2, 0) is 29.0 Å². The van der Waals surface area contributed by atoms with Crippen molar-refractivity contribution in [2.45, 2.75) is 32.4 Å². The largest absolute Gasteiger partial charge is 0.482 e. The number of alkyl halides is 2. The van der Waals surface area contributed by atoms with Gasteiger partial charge in [-0.25, -0.2) is 9.78 Å². The number of halogens is 2. The molecule has 0 fully saturated rings. The van der Waals surface area contributed by atoms with Crippen molar-refractivity contribution in [2.75, 3.05) is 6.61 Å². The van der Waals surface area contributed by atoms with Crippen LogP contribution in [0, 0.1) is 0 Å². The predicted molar refractivity (Wildman–Crippen MR) is 94.7 cm³/mol. The van der Waals surface area contributed by atoms with Gasteiger partial charge in [-0.2, -0.15) is 8.78 Å². The minimum atomic E-state index is -2.77. The lowest BCUT2D eigenvalue weighted by atomic mass is 10.1. The first-order chi connectivity index (χ1) is 13.1. The molecule has 0 bridgehead atoms. The van der Waals surface area contributed by atoms with Gasteiger partial charge in [-0.1, -0.05) is 18.2 Å². The van der Waals surface area contributed by atoms with Crippen molar-refractivity contribution in [1.29, 1.82) is 0 Å². The van der Waals surface area contributed by atoms with Crippen LogP contribution < -0.4 is 4.74 Å². The number of ether oxygens (including phenoxy) is 2. The third-order valence-corrected chi connectivity index (χ3v) is 4.65. The second-order valence-electron chi connectivity index (χ2n) is 6.40. The third-order valence-electron chi connectivity index (χ3n) is 4.65. The molecule has 0 N–H and O–H groups in total. The topological polar surface area (TPSA) is 53.4 Å². The number of nitrogens with zero attached hydrogens (tertiary/aromatic N) is 2. The molecular weight excluding hydrogens is 354 g/mol. The molecule has 0 saturated heterocycles. The van der Waals surface area contributed by atoms with Gasteiger partial charge >= 0.3 is 12.5 Å². The number of para-hydroxylation sites is 2. The summed E-state index contributed by atoms with van der Waals surface area (Å²) in [6.45, 7) is -3.40. The van der Waals surface area contributed by atoms with E-state index in [1.54, 1.807) is 24.3 Å². The predicted octanol–water partition coefficient (Wildman–Crippen LogP) is 4.04. The van der Waals surface area contributed by atoms with Gasteiger partial charge in [0.25, 0.3) is 0 Å². The molecular formula is C20H18F2N2O3. The number of benzene rings is 2. The molecule has 0 unspecified atom stereocenters. The Morgan fingerprint density at radius 3 is 2.81 bits per heavy atom. The Bertz CT molecular complexity index is 985. The molecule has 2 aromatic carbocycles. The van der Waals surface area contributed by atoms with Crippen molar-refractivity contribution in [2.24, 2.45) is 0 Å². The Labute approximate surface area is 154 Å². The Hall–Kier alpha value is -2.96. The lowest BCUT2D eigenvalue weighted by Crippen LogP contribution is -2.16. The molecule has 0 spiro atoms. The number of fused-ring (bicyclic) bond motifs is 2. The van der Waals surface area contributed by atoms with Crippen LogP contribution in [0.25, 0.3) is 11.0 Å². The number of esters is 1. The van der Waals surface area contributed by atoms with E-state index in [0.29, 0.717) is 16.8 Å². The SMILES string of the molecule is O=C(COc1ccc2c(c1)CCC2)OCc1nc2ccccc2n1C(F)F. The summed E-state index contributed by atoms with van der Waals surface area (Å²) in [4.78, 5) is 16.1. The van der Waals surface area contributed by atoms with Crippen molar-refractivity contribution < 1.29 is 23.0 Å². The molecule has 1 aliphatic carbocycles. The van der Waals surface area contributed by atoms with Gasteiger partial charge in [0.05, 0.1) is 11.0 Å². The summed E-state index contributed by atoms with van der Waals surface area (Å²) in [6, 6.07) is 12.3. The molecule has 1 heterocycles. The minimum Gasteiger partial charge on any atom is -0.482 e. The number of aryl methyl sites for hydroxylation is 2. The Kier molecular flexibility index (Phi) is 4.75. The number of carbonyl (C=O) groups excluding carboxylic acids is 1. The van der Waals surface area contributed by atoms with Crippen LogP contribution in [0.2, 0.25) is 0 Å². The average Bonchev–Trinajstić information content (AvgIpc) is 3.28. The lowest BCUT2D eigenvalue weighted by molar-refractivity contribution is -0.147. The van der Waals surface area contributed by atoms with E-state index in [0.717, 1.165) is 23.8 Å². The van der Waals surface area contributed by atoms with Crippen LogP contribution in [0.4, 0.5) is 8.78 Å². The Balaban J connectivity index is 1.38. The van der Waals surface area contributed by atoms with Gasteiger partial charge in [0.15, 0.2) is 12.4 Å². The van der Waals surface area contributed by atoms with E-state index in [1.807, 2.05) is 18.2 Å². The van der Waals surface area contributed by atoms with Crippen molar-refractivity contribution >= 4 is 17.0 Å². The highest BCUT2D eigenvalue weighted by atomic mass is 19.3. The van der Waals surface area contributed by atoms with Crippen molar-refractivity contribution in [1.82, 2.24) is 9.55 Å². The van der Waals surface area contributed by atoms with Gasteiger partial charge < -0.3 is 9.47 Å². The maximum absolute atomic E-state index is 13.4. The zero-order valence-corrected chi connectivity index (χ0v) is 14.5. The Morgan fingerprint density at radius 2 is 1.96 bits per heavy atom. The van der Waals surface area contributed by atoms with Crippen LogP contribution in [0.5, 0.6) is 5.75 Å². The summed E-state index contributed by atoms with van der Waals surface area (Å²) < 4.78 is 38.0. The van der Waals surface area contributed by atoms with Gasteiger partial charge in [-0.3, -0.25) is 4.57 Å². The number of imidazole rings is 1. The lowest BCUT2D eigenvalue weighted by Gasteiger charge is -2.10. The van der Waals surface area contributed by atoms with E-state index >= 15 is 0 Å². The van der Waals surface area contributed by atoms with Crippen LogP contribution in [0.3, 0.4) is 0 Å². The fourth-order valence-corrected chi connectivity index (χ4v) is 3.38. The second kappa shape index (κ2) is 7.34. The fourth-order valence-electron chi connectivity index (χ4n) is 3.38. The third kappa shape index (κ3) is 3.63. The molecule has 1 aliphatic rings. The van der Waals surface area contributed by atoms with E-state index in [-0.39, 0.29) is 19.0 Å². The number of carbonyl (C=O) groups is 1. The Morgan fingerprint density at radius 1 is 1.15 bits per heavy atom. The molecule has 0 saturated carbocycles. The first kappa shape index (κ1) is 17.5. The number of hydrogen-bond donors (Lipinski definition) is 0. The van der Waals surface area contributed by atoms with E-state index < -0.39 is 12.5 Å². The smallest absolute Gasteiger partial charge is 0.344 e. The van der Waals surface area contributed by atoms with Crippen LogP contribution >= 0.6 is 0 Å². The summed E-state index contributed by atoms with van der Waals surface area (Å²) in [7, 11) is 0. The summed E-state index contributed by atoms with van der Waals surface area (Å²) in [6.07, 6.45) is 3.22. The summed E-state index contributed by atoms with van der Waals surface area (Å²) >= 11 is 0. The highest BCUT2D eigenvalue weighted by Gasteiger charge is 2.19. The summed E-state index contributed by atoms with van der Waals surface area (Å²) in [5.41, 5.74) is 3.29. The van der Waals surface area contributed by atoms with Crippen LogP contribution in [-0.4, -0.2) is 22.1 Å². The summed E-state index contributed by atoms with van der Waals surface area (Å²) in [5, 5.41) is 0. The van der Waals surface area contributed by atoms with Crippen LogP contribution in [0.1, 0.15) is 29.9 Å². The quantitative estimate of drug-likeness (QED) is 0.613. The summed E-state index contributed by atoms with van der Waals surface area (Å²) in [5.74, 6) is -0.0344. The highest BCUT2D eigenvalue weighted by Crippen LogP contribution is 2.26. The standard InChI is InChI=1S/C20H18F2N2O3/c21-20(22)24-17-7-2-1-6-16(17)23-18(24)11-27-19(25)12-26-15-9-8-13-4-3-5-14(13)10-15/h1-2,6-10,20H,3-5,11-12H2. The van der Waals surface area contributed by atoms with E-state index in [1.165, 1.54) is 11.1 Å². The maximum atomic E-state index is 13.4. The van der Waals surface area contributed by atoms with Gasteiger partial charge in [-0.15, -0.1) is 0 Å². The zero-order valence-electron chi connectivity index (χ0n) is 14.5. The molecule has 0 aliphatic heterocycles. The molecule has 5 nitrogen and oxygen atoms in total. The van der Waals surface area contributed by atoms with E-state index in [2.05, 4.69) is 4.98 Å². The normalized spacial score (nSPS) is 13.1. The van der Waals surface area contributed by atoms with Gasteiger partial charge in [0.1, 0.15) is 12.4 Å². The van der Waals surface area contributed by atoms with Crippen LogP contribution in [0.15, 0.2) is 42.5 Å². The van der Waals surface area contributed by atoms with Gasteiger partial charge in [-0.05, 0) is 54.7 Å². The van der Waals surface area contributed by atoms with Crippen molar-refractivity contribution in [3.63, 3.8) is 0 Å². The number of rotatable bonds is 6. The second-order valence-corrected chi connectivity index (χ2v) is 6.40. The molecule has 27 heavy (non-hydrogen) atoms. The minimum absolute atomic E-state index is 0.00270. The molecule has 0 radical (unpaired) electrons. The van der Waals surface area contributed by atoms with Crippen molar-refractivity contribution in [3.05, 3.63) is 59.4 Å². The molecule has 4 rings (SSSR count). The van der Waals surface area contributed by atoms with Gasteiger partial charge in [0.2, 0.25) is 0 Å². The zero-order chi connectivity index (χ0) is 18.8. The van der Waals surface area contributed by atoms with E-state index in [9.17, 15) is 13.6 Å². The fraction of sp³-hybridized carbons (Fsp3) is 0.300. The molecule has 140 valence electrons. The molecule has 0 atom stereocenters. The molecule has 0 amide bonds. The average molecular weight is 372 g/mol. The molecule has 3 aromatic rings. The van der Waals surface area contributed by atoms with Crippen molar-refractivity contribution in [3.8, 4) is 5.75 Å². The molecule has 1 aromatic heterocycles. The molecule has 7 heteroatoms.